The average molecular weight is 274 g/mol. The van der Waals surface area contributed by atoms with E-state index in [1.807, 2.05) is 26.0 Å². The predicted octanol–water partition coefficient (Wildman–Crippen LogP) is 1.81. The Bertz CT molecular complexity index is 578. The number of hydrogen-bond donors (Lipinski definition) is 1. The summed E-state index contributed by atoms with van der Waals surface area (Å²) in [7, 11) is 0. The first kappa shape index (κ1) is 14.2. The molecule has 0 aliphatic heterocycles. The van der Waals surface area contributed by atoms with E-state index in [1.54, 1.807) is 17.1 Å². The second-order valence-corrected chi connectivity index (χ2v) is 5.12. The highest BCUT2D eigenvalue weighted by Gasteiger charge is 2.19. The summed E-state index contributed by atoms with van der Waals surface area (Å²) in [5, 5.41) is 16.9. The molecule has 0 unspecified atom stereocenters. The Hall–Kier alpha value is -2.24. The monoisotopic (exact) mass is 274 g/mol. The summed E-state index contributed by atoms with van der Waals surface area (Å²) in [5.74, 6) is -0.665. The van der Waals surface area contributed by atoms with Crippen LogP contribution in [0.4, 0.5) is 0 Å². The summed E-state index contributed by atoms with van der Waals surface area (Å²) in [4.78, 5) is 15.1. The van der Waals surface area contributed by atoms with Gasteiger partial charge in [-0.05, 0) is 36.5 Å². The fourth-order valence-corrected chi connectivity index (χ4v) is 2.05. The van der Waals surface area contributed by atoms with Crippen LogP contribution in [-0.4, -0.2) is 31.1 Å². The number of hydrogen-bond acceptors (Lipinski definition) is 4. The molecular formula is C14H18N4O2. The van der Waals surface area contributed by atoms with Gasteiger partial charge in [-0.25, -0.2) is 9.48 Å². The Morgan fingerprint density at radius 3 is 2.65 bits per heavy atom. The van der Waals surface area contributed by atoms with Crippen molar-refractivity contribution in [2.75, 3.05) is 0 Å². The molecule has 0 aliphatic rings. The van der Waals surface area contributed by atoms with Crippen LogP contribution < -0.4 is 0 Å². The van der Waals surface area contributed by atoms with Gasteiger partial charge in [-0.3, -0.25) is 4.98 Å². The molecular weight excluding hydrogens is 256 g/mol. The molecule has 0 aliphatic carbocycles. The van der Waals surface area contributed by atoms with Crippen molar-refractivity contribution in [3.63, 3.8) is 0 Å². The van der Waals surface area contributed by atoms with E-state index in [-0.39, 0.29) is 5.69 Å². The predicted molar refractivity (Wildman–Crippen MR) is 73.5 cm³/mol. The van der Waals surface area contributed by atoms with Crippen molar-refractivity contribution in [3.8, 4) is 0 Å². The van der Waals surface area contributed by atoms with E-state index >= 15 is 0 Å². The van der Waals surface area contributed by atoms with Gasteiger partial charge in [0.25, 0.3) is 0 Å². The number of nitrogens with zero attached hydrogens (tertiary/aromatic N) is 4. The molecule has 0 saturated carbocycles. The Kier molecular flexibility index (Phi) is 4.45. The van der Waals surface area contributed by atoms with Crippen molar-refractivity contribution in [1.29, 1.82) is 0 Å². The molecule has 0 saturated heterocycles. The maximum Gasteiger partial charge on any atom is 0.358 e. The van der Waals surface area contributed by atoms with Crippen molar-refractivity contribution in [2.45, 2.75) is 33.2 Å². The third kappa shape index (κ3) is 3.40. The largest absolute Gasteiger partial charge is 0.476 e. The van der Waals surface area contributed by atoms with Crippen LogP contribution >= 0.6 is 0 Å². The van der Waals surface area contributed by atoms with E-state index in [1.165, 1.54) is 0 Å². The number of rotatable bonds is 6. The van der Waals surface area contributed by atoms with Gasteiger partial charge in [-0.2, -0.15) is 0 Å². The molecule has 2 aromatic heterocycles. The molecule has 0 radical (unpaired) electrons. The zero-order chi connectivity index (χ0) is 14.5. The second-order valence-electron chi connectivity index (χ2n) is 5.12. The highest BCUT2D eigenvalue weighted by Crippen LogP contribution is 2.13. The van der Waals surface area contributed by atoms with Gasteiger partial charge in [-0.15, -0.1) is 5.10 Å². The van der Waals surface area contributed by atoms with Gasteiger partial charge in [-0.1, -0.05) is 19.1 Å². The molecule has 6 heteroatoms. The van der Waals surface area contributed by atoms with Crippen molar-refractivity contribution in [3.05, 3.63) is 41.5 Å². The third-order valence-electron chi connectivity index (χ3n) is 3.00. The Balaban J connectivity index is 2.16. The van der Waals surface area contributed by atoms with E-state index in [2.05, 4.69) is 15.3 Å². The summed E-state index contributed by atoms with van der Waals surface area (Å²) in [6, 6.07) is 3.88. The normalized spacial score (nSPS) is 10.9. The lowest BCUT2D eigenvalue weighted by Crippen LogP contribution is -2.12. The molecule has 0 bridgehead atoms. The fraction of sp³-hybridized carbons (Fsp3) is 0.429. The van der Waals surface area contributed by atoms with Crippen molar-refractivity contribution in [1.82, 2.24) is 20.0 Å². The number of carboxylic acid groups (broad SMARTS) is 1. The van der Waals surface area contributed by atoms with Crippen LogP contribution in [0, 0.1) is 5.92 Å². The molecule has 2 heterocycles. The molecule has 106 valence electrons. The first-order chi connectivity index (χ1) is 9.58. The first-order valence-corrected chi connectivity index (χ1v) is 6.62. The Morgan fingerprint density at radius 2 is 2.05 bits per heavy atom. The Labute approximate surface area is 117 Å². The van der Waals surface area contributed by atoms with Gasteiger partial charge >= 0.3 is 5.97 Å². The van der Waals surface area contributed by atoms with Gasteiger partial charge in [0, 0.05) is 18.9 Å². The number of aryl methyl sites for hydroxylation is 2. The standard InChI is InChI=1S/C14H18N4O2/c1-10(2)9-12-13(14(19)20)16-17-18(12)8-5-11-3-6-15-7-4-11/h3-4,6-7,10H,5,8-9H2,1-2H3,(H,19,20). The Morgan fingerprint density at radius 1 is 1.35 bits per heavy atom. The molecule has 1 N–H and O–H groups in total. The topological polar surface area (TPSA) is 80.9 Å². The molecule has 0 amide bonds. The van der Waals surface area contributed by atoms with Crippen LogP contribution in [0.1, 0.15) is 35.6 Å². The minimum Gasteiger partial charge on any atom is -0.476 e. The lowest BCUT2D eigenvalue weighted by molar-refractivity contribution is 0.0689. The number of pyridine rings is 1. The van der Waals surface area contributed by atoms with Gasteiger partial charge in [0.05, 0.1) is 5.69 Å². The van der Waals surface area contributed by atoms with Gasteiger partial charge in [0.15, 0.2) is 5.69 Å². The van der Waals surface area contributed by atoms with E-state index in [0.717, 1.165) is 12.0 Å². The lowest BCUT2D eigenvalue weighted by Gasteiger charge is -2.09. The minimum atomic E-state index is -1.02. The summed E-state index contributed by atoms with van der Waals surface area (Å²) < 4.78 is 1.70. The molecule has 0 spiro atoms. The average Bonchev–Trinajstić information content (AvgIpc) is 2.80. The SMILES string of the molecule is CC(C)Cc1c(C(=O)O)nnn1CCc1ccncc1. The number of carbonyl (C=O) groups is 1. The first-order valence-electron chi connectivity index (χ1n) is 6.62. The molecule has 0 aromatic carbocycles. The number of aromatic carboxylic acids is 1. The fourth-order valence-electron chi connectivity index (χ4n) is 2.05. The minimum absolute atomic E-state index is 0.0634. The third-order valence-corrected chi connectivity index (χ3v) is 3.00. The van der Waals surface area contributed by atoms with Crippen LogP contribution in [0.15, 0.2) is 24.5 Å². The quantitative estimate of drug-likeness (QED) is 0.868. The van der Waals surface area contributed by atoms with Gasteiger partial charge in [0.1, 0.15) is 0 Å². The zero-order valence-electron chi connectivity index (χ0n) is 11.7. The van der Waals surface area contributed by atoms with Crippen LogP contribution in [0.2, 0.25) is 0 Å². The summed E-state index contributed by atoms with van der Waals surface area (Å²) >= 11 is 0. The van der Waals surface area contributed by atoms with Gasteiger partial charge in [0.2, 0.25) is 0 Å². The van der Waals surface area contributed by atoms with Crippen LogP contribution in [0.5, 0.6) is 0 Å². The molecule has 2 aromatic rings. The zero-order valence-corrected chi connectivity index (χ0v) is 11.7. The maximum absolute atomic E-state index is 11.2. The lowest BCUT2D eigenvalue weighted by atomic mass is 10.1. The van der Waals surface area contributed by atoms with Crippen LogP contribution in [0.25, 0.3) is 0 Å². The molecule has 0 fully saturated rings. The smallest absolute Gasteiger partial charge is 0.358 e. The van der Waals surface area contributed by atoms with E-state index < -0.39 is 5.97 Å². The number of aromatic nitrogens is 4. The van der Waals surface area contributed by atoms with E-state index in [9.17, 15) is 4.79 Å². The van der Waals surface area contributed by atoms with Crippen molar-refractivity contribution >= 4 is 5.97 Å². The van der Waals surface area contributed by atoms with E-state index in [0.29, 0.717) is 24.6 Å². The van der Waals surface area contributed by atoms with Crippen molar-refractivity contribution < 1.29 is 9.90 Å². The molecule has 20 heavy (non-hydrogen) atoms. The summed E-state index contributed by atoms with van der Waals surface area (Å²) in [6.45, 7) is 4.71. The molecule has 0 atom stereocenters. The molecule has 2 rings (SSSR count). The molecule has 6 nitrogen and oxygen atoms in total. The van der Waals surface area contributed by atoms with Crippen LogP contribution in [-0.2, 0) is 19.4 Å². The van der Waals surface area contributed by atoms with Gasteiger partial charge < -0.3 is 5.11 Å². The second kappa shape index (κ2) is 6.27. The maximum atomic E-state index is 11.2. The summed E-state index contributed by atoms with van der Waals surface area (Å²) in [5.41, 5.74) is 1.90. The number of carboxylic acids is 1. The highest BCUT2D eigenvalue weighted by atomic mass is 16.4. The van der Waals surface area contributed by atoms with Crippen molar-refractivity contribution in [2.24, 2.45) is 5.92 Å². The van der Waals surface area contributed by atoms with Crippen LogP contribution in [0.3, 0.4) is 0 Å². The van der Waals surface area contributed by atoms with E-state index in [4.69, 9.17) is 5.11 Å². The highest BCUT2D eigenvalue weighted by molar-refractivity contribution is 5.86. The summed E-state index contributed by atoms with van der Waals surface area (Å²) in [6.07, 6.45) is 4.92.